The van der Waals surface area contributed by atoms with Crippen molar-refractivity contribution in [1.29, 1.82) is 0 Å². The normalized spacial score (nSPS) is 20.9. The largest absolute Gasteiger partial charge is 0.364 e. The minimum absolute atomic E-state index is 0.306. The van der Waals surface area contributed by atoms with E-state index in [1.54, 1.807) is 6.26 Å². The van der Waals surface area contributed by atoms with Gasteiger partial charge in [-0.15, -0.1) is 0 Å². The van der Waals surface area contributed by atoms with Gasteiger partial charge in [0, 0.05) is 11.5 Å². The molecule has 12 heavy (non-hydrogen) atoms. The molecule has 0 saturated heterocycles. The topological polar surface area (TPSA) is 26.0 Å². The van der Waals surface area contributed by atoms with Gasteiger partial charge in [-0.3, -0.25) is 0 Å². The first-order valence-corrected chi connectivity index (χ1v) is 4.47. The van der Waals surface area contributed by atoms with Crippen molar-refractivity contribution < 1.29 is 4.52 Å². The molecule has 1 fully saturated rings. The van der Waals surface area contributed by atoms with Gasteiger partial charge in [0.15, 0.2) is 0 Å². The molecule has 1 aliphatic carbocycles. The highest BCUT2D eigenvalue weighted by Crippen LogP contribution is 2.58. The van der Waals surface area contributed by atoms with Gasteiger partial charge in [-0.05, 0) is 18.3 Å². The van der Waals surface area contributed by atoms with Crippen molar-refractivity contribution in [2.45, 2.75) is 39.0 Å². The van der Waals surface area contributed by atoms with Crippen molar-refractivity contribution in [2.24, 2.45) is 5.41 Å². The standard InChI is InChI=1S/C10H15NO/c1-9(2,3)10(5-6-10)8-4-7-12-11-8/h4,7H,5-6H2,1-3H3. The first kappa shape index (κ1) is 7.84. The Morgan fingerprint density at radius 2 is 2.08 bits per heavy atom. The van der Waals surface area contributed by atoms with Crippen molar-refractivity contribution in [3.8, 4) is 0 Å². The zero-order valence-corrected chi connectivity index (χ0v) is 7.92. The maximum absolute atomic E-state index is 4.89. The van der Waals surface area contributed by atoms with Crippen LogP contribution in [0.3, 0.4) is 0 Å². The van der Waals surface area contributed by atoms with E-state index in [2.05, 4.69) is 25.9 Å². The van der Waals surface area contributed by atoms with E-state index in [-0.39, 0.29) is 0 Å². The zero-order chi connectivity index (χ0) is 8.82. The molecule has 1 aromatic heterocycles. The summed E-state index contributed by atoms with van der Waals surface area (Å²) in [6, 6.07) is 2.00. The minimum Gasteiger partial charge on any atom is -0.364 e. The summed E-state index contributed by atoms with van der Waals surface area (Å²) in [6.07, 6.45) is 4.17. The molecular weight excluding hydrogens is 150 g/mol. The van der Waals surface area contributed by atoms with Gasteiger partial charge in [0.25, 0.3) is 0 Å². The molecule has 0 amide bonds. The Morgan fingerprint density at radius 3 is 2.42 bits per heavy atom. The lowest BCUT2D eigenvalue weighted by molar-refractivity contribution is 0.279. The highest BCUT2D eigenvalue weighted by atomic mass is 16.5. The second kappa shape index (κ2) is 2.12. The van der Waals surface area contributed by atoms with Crippen molar-refractivity contribution in [1.82, 2.24) is 5.16 Å². The lowest BCUT2D eigenvalue weighted by atomic mass is 9.75. The summed E-state index contributed by atoms with van der Waals surface area (Å²) in [4.78, 5) is 0. The van der Waals surface area contributed by atoms with E-state index in [4.69, 9.17) is 4.52 Å². The van der Waals surface area contributed by atoms with Gasteiger partial charge >= 0.3 is 0 Å². The van der Waals surface area contributed by atoms with Crippen LogP contribution in [0.1, 0.15) is 39.3 Å². The maximum atomic E-state index is 4.89. The Kier molecular flexibility index (Phi) is 1.39. The van der Waals surface area contributed by atoms with E-state index in [0.29, 0.717) is 10.8 Å². The van der Waals surface area contributed by atoms with E-state index in [1.165, 1.54) is 12.8 Å². The summed E-state index contributed by atoms with van der Waals surface area (Å²) in [5, 5.41) is 4.04. The van der Waals surface area contributed by atoms with Gasteiger partial charge in [0.2, 0.25) is 0 Å². The van der Waals surface area contributed by atoms with E-state index >= 15 is 0 Å². The number of hydrogen-bond donors (Lipinski definition) is 0. The molecular formula is C10H15NO. The molecule has 1 heterocycles. The van der Waals surface area contributed by atoms with Crippen LogP contribution in [0, 0.1) is 5.41 Å². The van der Waals surface area contributed by atoms with Crippen molar-refractivity contribution in [3.63, 3.8) is 0 Å². The van der Waals surface area contributed by atoms with Gasteiger partial charge in [-0.2, -0.15) is 0 Å². The molecule has 1 saturated carbocycles. The molecule has 2 nitrogen and oxygen atoms in total. The Morgan fingerprint density at radius 1 is 1.42 bits per heavy atom. The van der Waals surface area contributed by atoms with Crippen molar-refractivity contribution in [2.75, 3.05) is 0 Å². The van der Waals surface area contributed by atoms with Crippen LogP contribution in [0.25, 0.3) is 0 Å². The third kappa shape index (κ3) is 0.904. The smallest absolute Gasteiger partial charge is 0.124 e. The monoisotopic (exact) mass is 165 g/mol. The molecule has 2 rings (SSSR count). The van der Waals surface area contributed by atoms with E-state index in [0.717, 1.165) is 5.69 Å². The van der Waals surface area contributed by atoms with E-state index < -0.39 is 0 Å². The Labute approximate surface area is 72.9 Å². The van der Waals surface area contributed by atoms with Gasteiger partial charge in [-0.1, -0.05) is 25.9 Å². The summed E-state index contributed by atoms with van der Waals surface area (Å²) in [6.45, 7) is 6.82. The first-order chi connectivity index (χ1) is 5.56. The third-order valence-corrected chi connectivity index (χ3v) is 3.11. The summed E-state index contributed by atoms with van der Waals surface area (Å²) in [5.74, 6) is 0. The van der Waals surface area contributed by atoms with Gasteiger partial charge in [0.05, 0.1) is 5.69 Å². The predicted octanol–water partition coefficient (Wildman–Crippen LogP) is 2.75. The van der Waals surface area contributed by atoms with Crippen LogP contribution in [0.4, 0.5) is 0 Å². The lowest BCUT2D eigenvalue weighted by Gasteiger charge is -2.28. The molecule has 0 aromatic carbocycles. The second-order valence-electron chi connectivity index (χ2n) is 4.72. The quantitative estimate of drug-likeness (QED) is 0.639. The van der Waals surface area contributed by atoms with Crippen molar-refractivity contribution in [3.05, 3.63) is 18.0 Å². The SMILES string of the molecule is CC(C)(C)C1(c2ccon2)CC1. The number of hydrogen-bond acceptors (Lipinski definition) is 2. The summed E-state index contributed by atoms with van der Waals surface area (Å²) >= 11 is 0. The molecule has 0 spiro atoms. The fraction of sp³-hybridized carbons (Fsp3) is 0.700. The maximum Gasteiger partial charge on any atom is 0.124 e. The average molecular weight is 165 g/mol. The molecule has 1 aromatic rings. The molecule has 0 N–H and O–H groups in total. The Hall–Kier alpha value is -0.790. The fourth-order valence-corrected chi connectivity index (χ4v) is 1.97. The average Bonchev–Trinajstić information content (AvgIpc) is 2.61. The third-order valence-electron chi connectivity index (χ3n) is 3.11. The van der Waals surface area contributed by atoms with E-state index in [9.17, 15) is 0 Å². The fourth-order valence-electron chi connectivity index (χ4n) is 1.97. The molecule has 66 valence electrons. The van der Waals surface area contributed by atoms with Gasteiger partial charge in [-0.25, -0.2) is 0 Å². The molecule has 1 aliphatic rings. The second-order valence-corrected chi connectivity index (χ2v) is 4.72. The first-order valence-electron chi connectivity index (χ1n) is 4.47. The molecule has 0 atom stereocenters. The van der Waals surface area contributed by atoms with Crippen LogP contribution in [0.5, 0.6) is 0 Å². The van der Waals surface area contributed by atoms with Gasteiger partial charge < -0.3 is 4.52 Å². The summed E-state index contributed by atoms with van der Waals surface area (Å²) in [7, 11) is 0. The highest BCUT2D eigenvalue weighted by molar-refractivity contribution is 5.26. The summed E-state index contributed by atoms with van der Waals surface area (Å²) < 4.78 is 4.89. The Bertz CT molecular complexity index is 265. The van der Waals surface area contributed by atoms with E-state index in [1.807, 2.05) is 6.07 Å². The number of rotatable bonds is 1. The molecule has 0 radical (unpaired) electrons. The molecule has 2 heteroatoms. The van der Waals surface area contributed by atoms with Crippen LogP contribution in [-0.2, 0) is 5.41 Å². The van der Waals surface area contributed by atoms with Crippen LogP contribution in [0.15, 0.2) is 16.9 Å². The summed E-state index contributed by atoms with van der Waals surface area (Å²) in [5.41, 5.74) is 1.75. The zero-order valence-electron chi connectivity index (χ0n) is 7.92. The Balaban J connectivity index is 2.35. The van der Waals surface area contributed by atoms with Crippen LogP contribution < -0.4 is 0 Å². The molecule has 0 bridgehead atoms. The van der Waals surface area contributed by atoms with Crippen molar-refractivity contribution >= 4 is 0 Å². The number of aromatic nitrogens is 1. The number of nitrogens with zero attached hydrogens (tertiary/aromatic N) is 1. The minimum atomic E-state index is 0.306. The molecule has 0 unspecified atom stereocenters. The molecule has 0 aliphatic heterocycles. The van der Waals surface area contributed by atoms with Gasteiger partial charge in [0.1, 0.15) is 6.26 Å². The lowest BCUT2D eigenvalue weighted by Crippen LogP contribution is -2.26. The predicted molar refractivity (Wildman–Crippen MR) is 46.9 cm³/mol. The van der Waals surface area contributed by atoms with Crippen LogP contribution in [-0.4, -0.2) is 5.16 Å². The van der Waals surface area contributed by atoms with Crippen LogP contribution >= 0.6 is 0 Å². The highest BCUT2D eigenvalue weighted by Gasteiger charge is 2.54. The van der Waals surface area contributed by atoms with Crippen LogP contribution in [0.2, 0.25) is 0 Å².